The quantitative estimate of drug-likeness (QED) is 0.764. The molecule has 94 valence electrons. The van der Waals surface area contributed by atoms with Crippen LogP contribution in [-0.4, -0.2) is 25.5 Å². The van der Waals surface area contributed by atoms with Gasteiger partial charge >= 0.3 is 0 Å². The van der Waals surface area contributed by atoms with Gasteiger partial charge < -0.3 is 10.6 Å². The number of hydrogen-bond acceptors (Lipinski definition) is 2. The first kappa shape index (κ1) is 13.9. The third-order valence-corrected chi connectivity index (χ3v) is 2.63. The zero-order chi connectivity index (χ0) is 12.7. The molecule has 0 aliphatic heterocycles. The maximum Gasteiger partial charge on any atom is 0.224 e. The van der Waals surface area contributed by atoms with Crippen LogP contribution in [-0.2, 0) is 11.2 Å². The summed E-state index contributed by atoms with van der Waals surface area (Å²) < 4.78 is 13.4. The van der Waals surface area contributed by atoms with E-state index >= 15 is 0 Å². The minimum Gasteiger partial charge on any atom is -0.355 e. The molecule has 1 aromatic rings. The second-order valence-corrected chi connectivity index (χ2v) is 3.99. The average Bonchev–Trinajstić information content (AvgIpc) is 2.30. The first-order valence-corrected chi connectivity index (χ1v) is 5.93. The zero-order valence-electron chi connectivity index (χ0n) is 9.72. The zero-order valence-corrected chi connectivity index (χ0v) is 10.5. The van der Waals surface area contributed by atoms with E-state index in [9.17, 15) is 9.18 Å². The Morgan fingerprint density at radius 3 is 2.82 bits per heavy atom. The molecule has 0 bridgehead atoms. The number of carbonyl (C=O) groups excluding carboxylic acids is 1. The Hall–Kier alpha value is -1.13. The molecular formula is C12H16ClFN2O. The topological polar surface area (TPSA) is 41.1 Å². The van der Waals surface area contributed by atoms with Gasteiger partial charge in [-0.15, -0.1) is 0 Å². The standard InChI is InChI=1S/C12H16ClFN2O/c1-2-15-6-7-16-12(17)8-9-10(13)4-3-5-11(9)14/h3-5,15H,2,6-8H2,1H3,(H,16,17). The maximum atomic E-state index is 13.4. The fourth-order valence-corrected chi connectivity index (χ4v) is 1.62. The summed E-state index contributed by atoms with van der Waals surface area (Å²) in [6.07, 6.45) is -0.0301. The van der Waals surface area contributed by atoms with Crippen molar-refractivity contribution >= 4 is 17.5 Å². The van der Waals surface area contributed by atoms with Crippen LogP contribution in [0.15, 0.2) is 18.2 Å². The molecule has 0 aliphatic carbocycles. The summed E-state index contributed by atoms with van der Waals surface area (Å²) in [4.78, 5) is 11.5. The van der Waals surface area contributed by atoms with Crippen molar-refractivity contribution in [1.29, 1.82) is 0 Å². The summed E-state index contributed by atoms with van der Waals surface area (Å²) in [7, 11) is 0. The van der Waals surface area contributed by atoms with E-state index in [1.54, 1.807) is 6.07 Å². The summed E-state index contributed by atoms with van der Waals surface area (Å²) in [5.74, 6) is -0.672. The number of likely N-dealkylation sites (N-methyl/N-ethyl adjacent to an activating group) is 1. The van der Waals surface area contributed by atoms with Crippen molar-refractivity contribution in [2.24, 2.45) is 0 Å². The van der Waals surface area contributed by atoms with Crippen molar-refractivity contribution in [3.8, 4) is 0 Å². The van der Waals surface area contributed by atoms with Crippen LogP contribution < -0.4 is 10.6 Å². The average molecular weight is 259 g/mol. The van der Waals surface area contributed by atoms with Crippen molar-refractivity contribution in [3.63, 3.8) is 0 Å². The van der Waals surface area contributed by atoms with Crippen LogP contribution in [0.4, 0.5) is 4.39 Å². The van der Waals surface area contributed by atoms with Crippen molar-refractivity contribution in [2.45, 2.75) is 13.3 Å². The summed E-state index contributed by atoms with van der Waals surface area (Å²) in [5.41, 5.74) is 0.245. The van der Waals surface area contributed by atoms with Gasteiger partial charge in [0.15, 0.2) is 0 Å². The van der Waals surface area contributed by atoms with Crippen LogP contribution in [0.5, 0.6) is 0 Å². The second-order valence-electron chi connectivity index (χ2n) is 3.58. The molecule has 0 heterocycles. The first-order chi connectivity index (χ1) is 8.15. The van der Waals surface area contributed by atoms with Crippen LogP contribution in [0.3, 0.4) is 0 Å². The predicted octanol–water partition coefficient (Wildman–Crippen LogP) is 1.75. The van der Waals surface area contributed by atoms with E-state index < -0.39 is 5.82 Å². The molecule has 0 saturated heterocycles. The largest absolute Gasteiger partial charge is 0.355 e. The van der Waals surface area contributed by atoms with Crippen LogP contribution in [0.1, 0.15) is 12.5 Å². The van der Waals surface area contributed by atoms with Gasteiger partial charge in [-0.3, -0.25) is 4.79 Å². The smallest absolute Gasteiger partial charge is 0.224 e. The minimum absolute atomic E-state index is 0.0301. The molecule has 5 heteroatoms. The Balaban J connectivity index is 2.45. The van der Waals surface area contributed by atoms with Gasteiger partial charge in [-0.1, -0.05) is 24.6 Å². The fraction of sp³-hybridized carbons (Fsp3) is 0.417. The highest BCUT2D eigenvalue weighted by Gasteiger charge is 2.11. The molecule has 1 rings (SSSR count). The molecule has 0 saturated carbocycles. The van der Waals surface area contributed by atoms with Crippen molar-refractivity contribution in [1.82, 2.24) is 10.6 Å². The lowest BCUT2D eigenvalue weighted by Crippen LogP contribution is -2.32. The lowest BCUT2D eigenvalue weighted by molar-refractivity contribution is -0.120. The van der Waals surface area contributed by atoms with Gasteiger partial charge in [0.25, 0.3) is 0 Å². The van der Waals surface area contributed by atoms with Gasteiger partial charge in [0.2, 0.25) is 5.91 Å². The van der Waals surface area contributed by atoms with Crippen LogP contribution in [0, 0.1) is 5.82 Å². The molecule has 0 aliphatic rings. The third kappa shape index (κ3) is 4.71. The van der Waals surface area contributed by atoms with E-state index in [-0.39, 0.29) is 22.9 Å². The Labute approximate surface area is 105 Å². The van der Waals surface area contributed by atoms with Gasteiger partial charge in [0.1, 0.15) is 5.82 Å². The first-order valence-electron chi connectivity index (χ1n) is 5.55. The highest BCUT2D eigenvalue weighted by Crippen LogP contribution is 2.19. The molecule has 17 heavy (non-hydrogen) atoms. The van der Waals surface area contributed by atoms with Gasteiger partial charge in [0.05, 0.1) is 6.42 Å². The Morgan fingerprint density at radius 2 is 2.18 bits per heavy atom. The molecule has 0 spiro atoms. The monoisotopic (exact) mass is 258 g/mol. The number of halogens is 2. The van der Waals surface area contributed by atoms with Crippen molar-refractivity contribution < 1.29 is 9.18 Å². The molecule has 0 aromatic heterocycles. The van der Waals surface area contributed by atoms with Crippen LogP contribution in [0.25, 0.3) is 0 Å². The normalized spacial score (nSPS) is 10.3. The number of rotatable bonds is 6. The molecule has 0 fully saturated rings. The highest BCUT2D eigenvalue weighted by molar-refractivity contribution is 6.31. The number of carbonyl (C=O) groups is 1. The van der Waals surface area contributed by atoms with E-state index in [1.807, 2.05) is 6.92 Å². The van der Waals surface area contributed by atoms with E-state index in [2.05, 4.69) is 10.6 Å². The molecule has 2 N–H and O–H groups in total. The number of hydrogen-bond donors (Lipinski definition) is 2. The van der Waals surface area contributed by atoms with Gasteiger partial charge in [-0.2, -0.15) is 0 Å². The Bertz CT molecular complexity index is 365. The molecule has 0 atom stereocenters. The molecule has 0 unspecified atom stereocenters. The third-order valence-electron chi connectivity index (χ3n) is 2.27. The highest BCUT2D eigenvalue weighted by atomic mass is 35.5. The van der Waals surface area contributed by atoms with E-state index in [0.29, 0.717) is 13.1 Å². The number of nitrogens with one attached hydrogen (secondary N) is 2. The summed E-state index contributed by atoms with van der Waals surface area (Å²) in [6.45, 7) is 4.07. The number of benzene rings is 1. The van der Waals surface area contributed by atoms with Crippen LogP contribution >= 0.6 is 11.6 Å². The molecule has 0 radical (unpaired) electrons. The van der Waals surface area contributed by atoms with Gasteiger partial charge in [-0.25, -0.2) is 4.39 Å². The molecule has 1 aromatic carbocycles. The Kier molecular flexibility index (Phi) is 5.94. The Morgan fingerprint density at radius 1 is 1.41 bits per heavy atom. The SMILES string of the molecule is CCNCCNC(=O)Cc1c(F)cccc1Cl. The lowest BCUT2D eigenvalue weighted by Gasteiger charge is -2.07. The number of amides is 1. The molecule has 3 nitrogen and oxygen atoms in total. The fourth-order valence-electron chi connectivity index (χ4n) is 1.39. The van der Waals surface area contributed by atoms with E-state index in [1.165, 1.54) is 12.1 Å². The minimum atomic E-state index is -0.445. The summed E-state index contributed by atoms with van der Waals surface area (Å²) in [5, 5.41) is 6.05. The van der Waals surface area contributed by atoms with Gasteiger partial charge in [-0.05, 0) is 18.7 Å². The second kappa shape index (κ2) is 7.25. The lowest BCUT2D eigenvalue weighted by atomic mass is 10.1. The van der Waals surface area contributed by atoms with Crippen LogP contribution in [0.2, 0.25) is 5.02 Å². The molecular weight excluding hydrogens is 243 g/mol. The summed E-state index contributed by atoms with van der Waals surface area (Å²) >= 11 is 5.83. The molecule has 1 amide bonds. The van der Waals surface area contributed by atoms with E-state index in [0.717, 1.165) is 6.54 Å². The summed E-state index contributed by atoms with van der Waals surface area (Å²) in [6, 6.07) is 4.39. The maximum absolute atomic E-state index is 13.4. The van der Waals surface area contributed by atoms with Crippen molar-refractivity contribution in [3.05, 3.63) is 34.6 Å². The van der Waals surface area contributed by atoms with Crippen molar-refractivity contribution in [2.75, 3.05) is 19.6 Å². The van der Waals surface area contributed by atoms with Gasteiger partial charge in [0, 0.05) is 23.7 Å². The van der Waals surface area contributed by atoms with E-state index in [4.69, 9.17) is 11.6 Å². The predicted molar refractivity (Wildman–Crippen MR) is 66.7 cm³/mol.